The molecule has 0 atom stereocenters. The van der Waals surface area contributed by atoms with Crippen LogP contribution in [0.4, 0.5) is 5.82 Å². The van der Waals surface area contributed by atoms with E-state index < -0.39 is 0 Å². The molecule has 112 valence electrons. The van der Waals surface area contributed by atoms with Crippen molar-refractivity contribution in [3.05, 3.63) is 30.1 Å². The van der Waals surface area contributed by atoms with Crippen LogP contribution in [0.25, 0.3) is 11.3 Å². The van der Waals surface area contributed by atoms with Crippen molar-refractivity contribution < 1.29 is 4.74 Å². The summed E-state index contributed by atoms with van der Waals surface area (Å²) in [5.74, 6) is 3.25. The topological polar surface area (TPSA) is 53.1 Å². The number of methoxy groups -OCH3 is 1. The first kappa shape index (κ1) is 14.0. The number of rotatable bonds is 3. The van der Waals surface area contributed by atoms with Crippen LogP contribution in [0.1, 0.15) is 43.8 Å². The molecule has 1 aromatic heterocycles. The lowest BCUT2D eigenvalue weighted by Gasteiger charge is -2.21. The molecule has 0 radical (unpaired) electrons. The van der Waals surface area contributed by atoms with Gasteiger partial charge in [0, 0.05) is 18.5 Å². The van der Waals surface area contributed by atoms with Crippen molar-refractivity contribution in [3.63, 3.8) is 0 Å². The Hall–Kier alpha value is -1.97. The normalized spacial score (nSPS) is 16.1. The Balaban J connectivity index is 1.99. The highest BCUT2D eigenvalue weighted by Crippen LogP contribution is 2.36. The van der Waals surface area contributed by atoms with Gasteiger partial charge in [-0.2, -0.15) is 0 Å². The number of hydrogen-bond acceptors (Lipinski definition) is 3. The Kier molecular flexibility index (Phi) is 3.86. The van der Waals surface area contributed by atoms with Crippen LogP contribution in [-0.4, -0.2) is 16.7 Å². The monoisotopic (exact) mass is 285 g/mol. The van der Waals surface area contributed by atoms with Gasteiger partial charge in [0.25, 0.3) is 0 Å². The van der Waals surface area contributed by atoms with E-state index in [1.807, 2.05) is 31.3 Å². The van der Waals surface area contributed by atoms with E-state index in [2.05, 4.69) is 4.57 Å². The summed E-state index contributed by atoms with van der Waals surface area (Å²) in [4.78, 5) is 4.86. The number of nitrogen functional groups attached to an aromatic ring is 1. The minimum atomic E-state index is 0.547. The van der Waals surface area contributed by atoms with Gasteiger partial charge in [-0.1, -0.05) is 31.4 Å². The van der Waals surface area contributed by atoms with Gasteiger partial charge in [-0.15, -0.1) is 0 Å². The van der Waals surface area contributed by atoms with E-state index in [1.54, 1.807) is 7.11 Å². The number of benzene rings is 1. The summed E-state index contributed by atoms with van der Waals surface area (Å²) in [6.45, 7) is 0. The van der Waals surface area contributed by atoms with Gasteiger partial charge in [0.2, 0.25) is 0 Å². The maximum Gasteiger partial charge on any atom is 0.131 e. The highest BCUT2D eigenvalue weighted by atomic mass is 16.5. The highest BCUT2D eigenvalue weighted by Gasteiger charge is 2.23. The lowest BCUT2D eigenvalue weighted by molar-refractivity contribution is 0.415. The smallest absolute Gasteiger partial charge is 0.131 e. The summed E-state index contributed by atoms with van der Waals surface area (Å²) < 4.78 is 7.35. The Morgan fingerprint density at radius 3 is 2.71 bits per heavy atom. The molecule has 0 saturated heterocycles. The van der Waals surface area contributed by atoms with Gasteiger partial charge in [0.05, 0.1) is 7.11 Å². The second kappa shape index (κ2) is 5.80. The number of ether oxygens (including phenoxy) is 1. The number of imidazole rings is 1. The van der Waals surface area contributed by atoms with Crippen molar-refractivity contribution in [1.29, 1.82) is 0 Å². The summed E-state index contributed by atoms with van der Waals surface area (Å²) in [5.41, 5.74) is 8.18. The molecule has 1 heterocycles. The van der Waals surface area contributed by atoms with E-state index in [0.717, 1.165) is 28.6 Å². The SMILES string of the molecule is COc1cccc(-c2nc(C3CCCCC3)n(C)c2N)c1. The average molecular weight is 285 g/mol. The van der Waals surface area contributed by atoms with Crippen molar-refractivity contribution >= 4 is 5.82 Å². The van der Waals surface area contributed by atoms with E-state index in [0.29, 0.717) is 5.92 Å². The molecule has 2 N–H and O–H groups in total. The zero-order valence-electron chi connectivity index (χ0n) is 12.8. The van der Waals surface area contributed by atoms with E-state index in [9.17, 15) is 0 Å². The maximum atomic E-state index is 6.29. The van der Waals surface area contributed by atoms with Gasteiger partial charge in [-0.25, -0.2) is 4.98 Å². The zero-order chi connectivity index (χ0) is 14.8. The van der Waals surface area contributed by atoms with Crippen molar-refractivity contribution in [2.24, 2.45) is 7.05 Å². The van der Waals surface area contributed by atoms with Crippen LogP contribution >= 0.6 is 0 Å². The molecular weight excluding hydrogens is 262 g/mol. The van der Waals surface area contributed by atoms with Crippen LogP contribution in [0.3, 0.4) is 0 Å². The number of aromatic nitrogens is 2. The first-order valence-electron chi connectivity index (χ1n) is 7.67. The zero-order valence-corrected chi connectivity index (χ0v) is 12.8. The van der Waals surface area contributed by atoms with Crippen LogP contribution < -0.4 is 10.5 Å². The van der Waals surface area contributed by atoms with Crippen molar-refractivity contribution in [1.82, 2.24) is 9.55 Å². The van der Waals surface area contributed by atoms with Gasteiger partial charge < -0.3 is 15.0 Å². The molecule has 0 bridgehead atoms. The fourth-order valence-corrected chi connectivity index (χ4v) is 3.24. The molecule has 0 amide bonds. The maximum absolute atomic E-state index is 6.29. The number of nitrogens with zero attached hydrogens (tertiary/aromatic N) is 2. The van der Waals surface area contributed by atoms with Crippen LogP contribution in [0.5, 0.6) is 5.75 Å². The molecule has 2 aromatic rings. The van der Waals surface area contributed by atoms with E-state index in [-0.39, 0.29) is 0 Å². The Bertz CT molecular complexity index is 627. The molecule has 21 heavy (non-hydrogen) atoms. The van der Waals surface area contributed by atoms with E-state index in [1.165, 1.54) is 32.1 Å². The molecule has 1 fully saturated rings. The fourth-order valence-electron chi connectivity index (χ4n) is 3.24. The highest BCUT2D eigenvalue weighted by molar-refractivity contribution is 5.72. The van der Waals surface area contributed by atoms with E-state index in [4.69, 9.17) is 15.5 Å². The van der Waals surface area contributed by atoms with Gasteiger partial charge in [-0.05, 0) is 25.0 Å². The quantitative estimate of drug-likeness (QED) is 0.935. The van der Waals surface area contributed by atoms with Crippen molar-refractivity contribution in [3.8, 4) is 17.0 Å². The Labute approximate surface area is 125 Å². The molecule has 3 rings (SSSR count). The second-order valence-corrected chi connectivity index (χ2v) is 5.83. The molecule has 1 aromatic carbocycles. The molecule has 0 spiro atoms. The molecule has 4 nitrogen and oxygen atoms in total. The first-order valence-corrected chi connectivity index (χ1v) is 7.67. The molecular formula is C17H23N3O. The lowest BCUT2D eigenvalue weighted by Crippen LogP contribution is -2.11. The summed E-state index contributed by atoms with van der Waals surface area (Å²) >= 11 is 0. The predicted octanol–water partition coefficient (Wildman–Crippen LogP) is 3.73. The molecule has 1 saturated carbocycles. The summed E-state index contributed by atoms with van der Waals surface area (Å²) in [5, 5.41) is 0. The second-order valence-electron chi connectivity index (χ2n) is 5.83. The van der Waals surface area contributed by atoms with Gasteiger partial charge in [0.15, 0.2) is 0 Å². The summed E-state index contributed by atoms with van der Waals surface area (Å²) in [6, 6.07) is 7.93. The Morgan fingerprint density at radius 2 is 2.00 bits per heavy atom. The Morgan fingerprint density at radius 1 is 1.24 bits per heavy atom. The average Bonchev–Trinajstić information content (AvgIpc) is 2.84. The van der Waals surface area contributed by atoms with Crippen LogP contribution in [0.15, 0.2) is 24.3 Å². The standard InChI is InChI=1S/C17H23N3O/c1-20-16(18)15(13-9-6-10-14(11-13)21-2)19-17(20)12-7-4-3-5-8-12/h6,9-12H,3-5,7-8,18H2,1-2H3. The molecule has 4 heteroatoms. The van der Waals surface area contributed by atoms with Gasteiger partial charge >= 0.3 is 0 Å². The summed E-state index contributed by atoms with van der Waals surface area (Å²) in [6.07, 6.45) is 6.39. The van der Waals surface area contributed by atoms with E-state index >= 15 is 0 Å². The third-order valence-electron chi connectivity index (χ3n) is 4.49. The first-order chi connectivity index (χ1) is 10.2. The van der Waals surface area contributed by atoms with Crippen LogP contribution in [0, 0.1) is 0 Å². The van der Waals surface area contributed by atoms with Gasteiger partial charge in [-0.3, -0.25) is 0 Å². The molecule has 1 aliphatic carbocycles. The van der Waals surface area contributed by atoms with Crippen molar-refractivity contribution in [2.75, 3.05) is 12.8 Å². The largest absolute Gasteiger partial charge is 0.497 e. The van der Waals surface area contributed by atoms with Gasteiger partial charge in [0.1, 0.15) is 23.1 Å². The lowest BCUT2D eigenvalue weighted by atomic mass is 9.89. The number of nitrogens with two attached hydrogens (primary N) is 1. The third-order valence-corrected chi connectivity index (χ3v) is 4.49. The molecule has 1 aliphatic rings. The third kappa shape index (κ3) is 2.62. The van der Waals surface area contributed by atoms with Crippen LogP contribution in [0.2, 0.25) is 0 Å². The number of hydrogen-bond donors (Lipinski definition) is 1. The molecule has 0 aliphatic heterocycles. The predicted molar refractivity (Wildman–Crippen MR) is 85.4 cm³/mol. The minimum absolute atomic E-state index is 0.547. The molecule has 0 unspecified atom stereocenters. The fraction of sp³-hybridized carbons (Fsp3) is 0.471. The minimum Gasteiger partial charge on any atom is -0.497 e. The number of anilines is 1. The summed E-state index contributed by atoms with van der Waals surface area (Å²) in [7, 11) is 3.70. The van der Waals surface area contributed by atoms with Crippen molar-refractivity contribution in [2.45, 2.75) is 38.0 Å². The van der Waals surface area contributed by atoms with Crippen LogP contribution in [-0.2, 0) is 7.05 Å².